The van der Waals surface area contributed by atoms with Crippen LogP contribution in [0.5, 0.6) is 11.5 Å². The van der Waals surface area contributed by atoms with Crippen LogP contribution in [0.2, 0.25) is 0 Å². The third-order valence-corrected chi connectivity index (χ3v) is 3.07. The summed E-state index contributed by atoms with van der Waals surface area (Å²) in [6.07, 6.45) is 3.15. The predicted molar refractivity (Wildman–Crippen MR) is 82.7 cm³/mol. The molecule has 0 bridgehead atoms. The van der Waals surface area contributed by atoms with Crippen LogP contribution in [0.15, 0.2) is 59.8 Å². The van der Waals surface area contributed by atoms with Crippen LogP contribution in [0.3, 0.4) is 0 Å². The van der Waals surface area contributed by atoms with E-state index in [1.807, 2.05) is 12.1 Å². The first-order valence-electron chi connectivity index (χ1n) is 6.39. The van der Waals surface area contributed by atoms with Crippen molar-refractivity contribution in [2.75, 3.05) is 5.43 Å². The third kappa shape index (κ3) is 2.62. The number of benzene rings is 2. The van der Waals surface area contributed by atoms with Gasteiger partial charge in [0, 0.05) is 17.1 Å². The Morgan fingerprint density at radius 3 is 2.67 bits per heavy atom. The van der Waals surface area contributed by atoms with Gasteiger partial charge < -0.3 is 10.2 Å². The fourth-order valence-electron chi connectivity index (χ4n) is 2.02. The van der Waals surface area contributed by atoms with Gasteiger partial charge in [0.2, 0.25) is 0 Å². The molecule has 2 aromatic carbocycles. The molecule has 0 unspecified atom stereocenters. The van der Waals surface area contributed by atoms with E-state index >= 15 is 0 Å². The molecule has 5 heteroatoms. The number of phenols is 2. The van der Waals surface area contributed by atoms with Crippen molar-refractivity contribution in [2.24, 2.45) is 5.10 Å². The smallest absolute Gasteiger partial charge is 0.141 e. The average Bonchev–Trinajstić information content (AvgIpc) is 2.52. The fourth-order valence-corrected chi connectivity index (χ4v) is 2.02. The molecule has 5 nitrogen and oxygen atoms in total. The molecule has 21 heavy (non-hydrogen) atoms. The van der Waals surface area contributed by atoms with E-state index < -0.39 is 0 Å². The van der Waals surface area contributed by atoms with Gasteiger partial charge in [0.1, 0.15) is 17.0 Å². The summed E-state index contributed by atoms with van der Waals surface area (Å²) in [7, 11) is 0. The summed E-state index contributed by atoms with van der Waals surface area (Å²) in [5, 5.41) is 24.3. The zero-order valence-corrected chi connectivity index (χ0v) is 11.1. The van der Waals surface area contributed by atoms with Gasteiger partial charge in [-0.2, -0.15) is 5.10 Å². The number of para-hydroxylation sites is 1. The van der Waals surface area contributed by atoms with Gasteiger partial charge in [0.15, 0.2) is 0 Å². The van der Waals surface area contributed by atoms with E-state index in [1.54, 1.807) is 42.6 Å². The predicted octanol–water partition coefficient (Wildman–Crippen LogP) is 3.09. The monoisotopic (exact) mass is 279 g/mol. The minimum Gasteiger partial charge on any atom is -0.507 e. The van der Waals surface area contributed by atoms with E-state index in [4.69, 9.17) is 0 Å². The molecule has 0 aliphatic heterocycles. The molecule has 0 aliphatic rings. The largest absolute Gasteiger partial charge is 0.507 e. The number of pyridine rings is 1. The zero-order valence-electron chi connectivity index (χ0n) is 11.1. The van der Waals surface area contributed by atoms with Gasteiger partial charge in [-0.15, -0.1) is 0 Å². The maximum Gasteiger partial charge on any atom is 0.141 e. The molecule has 0 fully saturated rings. The lowest BCUT2D eigenvalue weighted by Crippen LogP contribution is -1.93. The Morgan fingerprint density at radius 2 is 1.81 bits per heavy atom. The van der Waals surface area contributed by atoms with Gasteiger partial charge in [0.25, 0.3) is 0 Å². The third-order valence-electron chi connectivity index (χ3n) is 3.07. The quantitative estimate of drug-likeness (QED) is 0.391. The highest BCUT2D eigenvalue weighted by Crippen LogP contribution is 2.28. The van der Waals surface area contributed by atoms with Crippen molar-refractivity contribution in [1.82, 2.24) is 4.98 Å². The molecular weight excluding hydrogens is 266 g/mol. The Balaban J connectivity index is 1.89. The van der Waals surface area contributed by atoms with Crippen LogP contribution in [-0.2, 0) is 0 Å². The Bertz CT molecular complexity index is 815. The van der Waals surface area contributed by atoms with E-state index in [1.165, 1.54) is 6.21 Å². The van der Waals surface area contributed by atoms with Gasteiger partial charge in [-0.05, 0) is 36.4 Å². The summed E-state index contributed by atoms with van der Waals surface area (Å²) < 4.78 is 0. The highest BCUT2D eigenvalue weighted by Gasteiger charge is 2.05. The number of aromatic nitrogens is 1. The van der Waals surface area contributed by atoms with Crippen molar-refractivity contribution in [3.8, 4) is 11.5 Å². The summed E-state index contributed by atoms with van der Waals surface area (Å²) >= 11 is 0. The van der Waals surface area contributed by atoms with Crippen molar-refractivity contribution in [3.05, 3.63) is 60.3 Å². The fraction of sp³-hybridized carbons (Fsp3) is 0. The number of hydrogen-bond donors (Lipinski definition) is 3. The highest BCUT2D eigenvalue weighted by atomic mass is 16.3. The Kier molecular flexibility index (Phi) is 3.39. The Morgan fingerprint density at radius 1 is 0.952 bits per heavy atom. The standard InChI is InChI=1S/C16H13N3O2/c20-14-6-2-1-4-11(14)10-18-19-13-7-8-15(21)16-12(13)5-3-9-17-16/h1-10,19-21H/b18-10+. The zero-order chi connectivity index (χ0) is 14.7. The summed E-state index contributed by atoms with van der Waals surface area (Å²) in [6, 6.07) is 13.9. The van der Waals surface area contributed by atoms with E-state index in [0.29, 0.717) is 11.1 Å². The van der Waals surface area contributed by atoms with E-state index in [2.05, 4.69) is 15.5 Å². The van der Waals surface area contributed by atoms with Crippen molar-refractivity contribution < 1.29 is 10.2 Å². The molecule has 0 saturated heterocycles. The molecule has 0 radical (unpaired) electrons. The van der Waals surface area contributed by atoms with Crippen LogP contribution in [-0.4, -0.2) is 21.4 Å². The molecule has 1 heterocycles. The van der Waals surface area contributed by atoms with Crippen LogP contribution in [0.25, 0.3) is 10.9 Å². The summed E-state index contributed by atoms with van der Waals surface area (Å²) in [6.45, 7) is 0. The number of hydrogen-bond acceptors (Lipinski definition) is 5. The molecule has 0 amide bonds. The average molecular weight is 279 g/mol. The number of anilines is 1. The number of nitrogens with zero attached hydrogens (tertiary/aromatic N) is 2. The lowest BCUT2D eigenvalue weighted by molar-refractivity contribution is 0.474. The second kappa shape index (κ2) is 5.50. The second-order valence-corrected chi connectivity index (χ2v) is 4.46. The van der Waals surface area contributed by atoms with E-state index in [-0.39, 0.29) is 11.5 Å². The molecule has 104 valence electrons. The van der Waals surface area contributed by atoms with Gasteiger partial charge >= 0.3 is 0 Å². The second-order valence-electron chi connectivity index (χ2n) is 4.46. The SMILES string of the molecule is Oc1ccccc1/C=N/Nc1ccc(O)c2ncccc12. The Labute approximate surface area is 121 Å². The summed E-state index contributed by atoms with van der Waals surface area (Å²) in [5.74, 6) is 0.293. The molecular formula is C16H13N3O2. The number of aromatic hydroxyl groups is 2. The van der Waals surface area contributed by atoms with Crippen LogP contribution in [0, 0.1) is 0 Å². The topological polar surface area (TPSA) is 77.7 Å². The van der Waals surface area contributed by atoms with Gasteiger partial charge in [-0.3, -0.25) is 10.4 Å². The first kappa shape index (κ1) is 12.9. The maximum atomic E-state index is 9.77. The first-order valence-corrected chi connectivity index (χ1v) is 6.39. The number of fused-ring (bicyclic) bond motifs is 1. The summed E-state index contributed by atoms with van der Waals surface area (Å²) in [4.78, 5) is 4.14. The van der Waals surface area contributed by atoms with Crippen LogP contribution in [0.4, 0.5) is 5.69 Å². The molecule has 1 aromatic heterocycles. The molecule has 0 aliphatic carbocycles. The van der Waals surface area contributed by atoms with Gasteiger partial charge in [0.05, 0.1) is 11.9 Å². The number of nitrogens with one attached hydrogen (secondary N) is 1. The van der Waals surface area contributed by atoms with Gasteiger partial charge in [-0.25, -0.2) is 0 Å². The van der Waals surface area contributed by atoms with Crippen LogP contribution < -0.4 is 5.43 Å². The minimum atomic E-state index is 0.126. The van der Waals surface area contributed by atoms with E-state index in [9.17, 15) is 10.2 Å². The van der Waals surface area contributed by atoms with Crippen molar-refractivity contribution >= 4 is 22.8 Å². The minimum absolute atomic E-state index is 0.126. The Hall–Kier alpha value is -3.08. The molecule has 0 atom stereocenters. The highest BCUT2D eigenvalue weighted by molar-refractivity contribution is 5.95. The van der Waals surface area contributed by atoms with Crippen LogP contribution >= 0.6 is 0 Å². The molecule has 3 N–H and O–H groups in total. The normalized spacial score (nSPS) is 11.0. The lowest BCUT2D eigenvalue weighted by Gasteiger charge is -2.06. The molecule has 3 aromatic rings. The summed E-state index contributed by atoms with van der Waals surface area (Å²) in [5.41, 5.74) is 4.75. The van der Waals surface area contributed by atoms with Crippen LogP contribution in [0.1, 0.15) is 5.56 Å². The number of hydrazone groups is 1. The van der Waals surface area contributed by atoms with Crippen molar-refractivity contribution in [2.45, 2.75) is 0 Å². The molecule has 3 rings (SSSR count). The molecule has 0 spiro atoms. The number of rotatable bonds is 3. The van der Waals surface area contributed by atoms with Crippen molar-refractivity contribution in [3.63, 3.8) is 0 Å². The van der Waals surface area contributed by atoms with E-state index in [0.717, 1.165) is 11.1 Å². The first-order chi connectivity index (χ1) is 10.3. The number of phenolic OH excluding ortho intramolecular Hbond substituents is 2. The van der Waals surface area contributed by atoms with Crippen molar-refractivity contribution in [1.29, 1.82) is 0 Å². The molecule has 0 saturated carbocycles. The maximum absolute atomic E-state index is 9.77. The van der Waals surface area contributed by atoms with Gasteiger partial charge in [-0.1, -0.05) is 12.1 Å². The lowest BCUT2D eigenvalue weighted by atomic mass is 10.1.